The van der Waals surface area contributed by atoms with Gasteiger partial charge in [0.15, 0.2) is 0 Å². The molecular formula is C14H20F6NP. The van der Waals surface area contributed by atoms with Gasteiger partial charge in [0.1, 0.15) is 5.82 Å². The standard InChI is InChI=1S/C12H14F6NP.C2H6/c1-3-10(12(17,18)20)19-7-4-8(11(14,15)16)6(2)9(13)5-7;1-2/h4-5,10,19H,3,20H2,1-2H3;1-2H3. The summed E-state index contributed by atoms with van der Waals surface area (Å²) in [4.78, 5) is 0. The number of benzene rings is 1. The van der Waals surface area contributed by atoms with Crippen LogP contribution in [0.15, 0.2) is 12.1 Å². The molecule has 0 fully saturated rings. The first kappa shape index (κ1) is 21.0. The fourth-order valence-electron chi connectivity index (χ4n) is 1.73. The van der Waals surface area contributed by atoms with E-state index < -0.39 is 34.8 Å². The van der Waals surface area contributed by atoms with Gasteiger partial charge in [0.2, 0.25) is 0 Å². The molecule has 8 heteroatoms. The van der Waals surface area contributed by atoms with E-state index in [2.05, 4.69) is 5.32 Å². The van der Waals surface area contributed by atoms with Crippen molar-refractivity contribution in [2.75, 3.05) is 5.32 Å². The molecule has 2 unspecified atom stereocenters. The van der Waals surface area contributed by atoms with Gasteiger partial charge in [-0.05, 0) is 31.0 Å². The molecular weight excluding hydrogens is 327 g/mol. The molecule has 1 aromatic carbocycles. The highest BCUT2D eigenvalue weighted by Crippen LogP contribution is 2.36. The highest BCUT2D eigenvalue weighted by molar-refractivity contribution is 7.18. The molecule has 1 aromatic rings. The van der Waals surface area contributed by atoms with Crippen molar-refractivity contribution in [2.45, 2.75) is 52.0 Å². The summed E-state index contributed by atoms with van der Waals surface area (Å²) in [6.07, 6.45) is -4.78. The van der Waals surface area contributed by atoms with Gasteiger partial charge in [0.05, 0.1) is 11.6 Å². The lowest BCUT2D eigenvalue weighted by molar-refractivity contribution is -0.138. The Balaban J connectivity index is 0.00000211. The molecule has 22 heavy (non-hydrogen) atoms. The van der Waals surface area contributed by atoms with Crippen molar-refractivity contribution >= 4 is 14.9 Å². The third-order valence-corrected chi connectivity index (χ3v) is 3.27. The largest absolute Gasteiger partial charge is 0.416 e. The minimum Gasteiger partial charge on any atom is -0.376 e. The van der Waals surface area contributed by atoms with E-state index in [1.54, 1.807) is 0 Å². The van der Waals surface area contributed by atoms with Crippen molar-refractivity contribution in [2.24, 2.45) is 0 Å². The van der Waals surface area contributed by atoms with Gasteiger partial charge in [-0.2, -0.15) is 13.2 Å². The van der Waals surface area contributed by atoms with Crippen LogP contribution in [0.4, 0.5) is 32.0 Å². The van der Waals surface area contributed by atoms with Crippen molar-refractivity contribution < 1.29 is 26.3 Å². The molecule has 0 aliphatic rings. The SMILES string of the molecule is CC.CCC(Nc1cc(F)c(C)c(C(F)(F)F)c1)C(F)(F)P. The van der Waals surface area contributed by atoms with E-state index in [0.29, 0.717) is 6.07 Å². The molecule has 0 saturated carbocycles. The van der Waals surface area contributed by atoms with Crippen LogP contribution in [0, 0.1) is 12.7 Å². The smallest absolute Gasteiger partial charge is 0.376 e. The van der Waals surface area contributed by atoms with Crippen LogP contribution in [-0.2, 0) is 6.18 Å². The first-order valence-corrected chi connectivity index (χ1v) is 7.35. The van der Waals surface area contributed by atoms with Crippen LogP contribution in [0.1, 0.15) is 38.3 Å². The molecule has 2 atom stereocenters. The zero-order valence-electron chi connectivity index (χ0n) is 12.8. The first-order valence-electron chi connectivity index (χ1n) is 6.77. The van der Waals surface area contributed by atoms with Crippen molar-refractivity contribution in [3.8, 4) is 0 Å². The molecule has 0 amide bonds. The van der Waals surface area contributed by atoms with Crippen LogP contribution < -0.4 is 5.32 Å². The highest BCUT2D eigenvalue weighted by Gasteiger charge is 2.36. The van der Waals surface area contributed by atoms with Gasteiger partial charge in [0, 0.05) is 5.69 Å². The highest BCUT2D eigenvalue weighted by atomic mass is 31.0. The molecule has 0 heterocycles. The normalized spacial score (nSPS) is 13.2. The molecule has 0 bridgehead atoms. The van der Waals surface area contributed by atoms with Gasteiger partial charge < -0.3 is 5.32 Å². The summed E-state index contributed by atoms with van der Waals surface area (Å²) in [6.45, 7) is 6.44. The molecule has 0 saturated heterocycles. The van der Waals surface area contributed by atoms with Gasteiger partial charge in [-0.15, -0.1) is 0 Å². The Morgan fingerprint density at radius 2 is 1.64 bits per heavy atom. The summed E-state index contributed by atoms with van der Waals surface area (Å²) in [7, 11) is 1.32. The van der Waals surface area contributed by atoms with Crippen molar-refractivity contribution in [1.82, 2.24) is 0 Å². The Kier molecular flexibility index (Phi) is 7.69. The summed E-state index contributed by atoms with van der Waals surface area (Å²) >= 11 is 0. The van der Waals surface area contributed by atoms with E-state index in [0.717, 1.165) is 13.0 Å². The van der Waals surface area contributed by atoms with Crippen molar-refractivity contribution in [1.29, 1.82) is 0 Å². The molecule has 1 nitrogen and oxygen atoms in total. The molecule has 0 aliphatic heterocycles. The number of hydrogen-bond acceptors (Lipinski definition) is 1. The van der Waals surface area contributed by atoms with Gasteiger partial charge in [0.25, 0.3) is 5.66 Å². The first-order chi connectivity index (χ1) is 9.96. The third-order valence-electron chi connectivity index (χ3n) is 2.86. The Morgan fingerprint density at radius 3 is 2.00 bits per heavy atom. The number of anilines is 1. The van der Waals surface area contributed by atoms with E-state index in [4.69, 9.17) is 0 Å². The van der Waals surface area contributed by atoms with E-state index in [1.165, 1.54) is 16.2 Å². The van der Waals surface area contributed by atoms with E-state index in [-0.39, 0.29) is 12.1 Å². The van der Waals surface area contributed by atoms with E-state index >= 15 is 0 Å². The summed E-state index contributed by atoms with van der Waals surface area (Å²) in [5.74, 6) is -1.09. The van der Waals surface area contributed by atoms with Gasteiger partial charge in [-0.25, -0.2) is 13.2 Å². The second kappa shape index (κ2) is 8.04. The van der Waals surface area contributed by atoms with Crippen molar-refractivity contribution in [3.63, 3.8) is 0 Å². The maximum absolute atomic E-state index is 13.5. The molecule has 0 aromatic heterocycles. The maximum atomic E-state index is 13.5. The lowest BCUT2D eigenvalue weighted by Gasteiger charge is -2.25. The van der Waals surface area contributed by atoms with Crippen LogP contribution in [0.25, 0.3) is 0 Å². The maximum Gasteiger partial charge on any atom is 0.416 e. The predicted octanol–water partition coefficient (Wildman–Crippen LogP) is 5.84. The molecule has 1 rings (SSSR count). The zero-order valence-corrected chi connectivity index (χ0v) is 13.9. The second-order valence-electron chi connectivity index (χ2n) is 4.41. The topological polar surface area (TPSA) is 12.0 Å². The Labute approximate surface area is 128 Å². The van der Waals surface area contributed by atoms with Gasteiger partial charge in [-0.3, -0.25) is 0 Å². The molecule has 0 aliphatic carbocycles. The quantitative estimate of drug-likeness (QED) is 0.533. The minimum atomic E-state index is -4.74. The Bertz CT molecular complexity index is 481. The average Bonchev–Trinajstić information content (AvgIpc) is 2.39. The van der Waals surface area contributed by atoms with Gasteiger partial charge in [-0.1, -0.05) is 30.0 Å². The van der Waals surface area contributed by atoms with E-state index in [1.807, 2.05) is 13.8 Å². The number of alkyl halides is 5. The predicted molar refractivity (Wildman–Crippen MR) is 79.8 cm³/mol. The summed E-state index contributed by atoms with van der Waals surface area (Å²) < 4.78 is 78.0. The minimum absolute atomic E-state index is 0.0344. The van der Waals surface area contributed by atoms with Crippen LogP contribution in [0.2, 0.25) is 0 Å². The zero-order chi connectivity index (χ0) is 17.7. The molecule has 128 valence electrons. The van der Waals surface area contributed by atoms with Crippen LogP contribution >= 0.6 is 9.24 Å². The van der Waals surface area contributed by atoms with Crippen LogP contribution in [-0.4, -0.2) is 11.7 Å². The summed E-state index contributed by atoms with van der Waals surface area (Å²) in [5.41, 5.74) is -5.28. The van der Waals surface area contributed by atoms with Crippen LogP contribution in [0.3, 0.4) is 0 Å². The Hall–Kier alpha value is -0.970. The third kappa shape index (κ3) is 5.67. The second-order valence-corrected chi connectivity index (χ2v) is 5.18. The molecule has 0 radical (unpaired) electrons. The molecule has 0 spiro atoms. The summed E-state index contributed by atoms with van der Waals surface area (Å²) in [6, 6.07) is 0.0110. The lowest BCUT2D eigenvalue weighted by Crippen LogP contribution is -2.34. The number of hydrogen-bond donors (Lipinski definition) is 1. The fourth-order valence-corrected chi connectivity index (χ4v) is 2.05. The van der Waals surface area contributed by atoms with Crippen molar-refractivity contribution in [3.05, 3.63) is 29.1 Å². The van der Waals surface area contributed by atoms with Gasteiger partial charge >= 0.3 is 6.18 Å². The van der Waals surface area contributed by atoms with Crippen LogP contribution in [0.5, 0.6) is 0 Å². The van der Waals surface area contributed by atoms with E-state index in [9.17, 15) is 26.3 Å². The number of halogens is 6. The average molecular weight is 347 g/mol. The lowest BCUT2D eigenvalue weighted by atomic mass is 10.1. The number of nitrogens with one attached hydrogen (secondary N) is 1. The number of rotatable bonds is 4. The summed E-state index contributed by atoms with van der Waals surface area (Å²) in [5, 5.41) is 2.24. The fraction of sp³-hybridized carbons (Fsp3) is 0.571. The molecule has 1 N–H and O–H groups in total. The monoisotopic (exact) mass is 347 g/mol. The Morgan fingerprint density at radius 1 is 1.14 bits per heavy atom.